The van der Waals surface area contributed by atoms with Crippen molar-refractivity contribution in [1.82, 2.24) is 5.48 Å². The molecule has 0 aromatic heterocycles. The van der Waals surface area contributed by atoms with Gasteiger partial charge < -0.3 is 10.6 Å². The predicted octanol–water partition coefficient (Wildman–Crippen LogP) is 1.97. The van der Waals surface area contributed by atoms with E-state index in [1.807, 2.05) is 44.2 Å². The summed E-state index contributed by atoms with van der Waals surface area (Å²) >= 11 is 1.17. The number of hydrogen-bond acceptors (Lipinski definition) is 6. The van der Waals surface area contributed by atoms with Crippen LogP contribution in [0.1, 0.15) is 32.3 Å². The third-order valence-corrected chi connectivity index (χ3v) is 3.90. The second kappa shape index (κ2) is 8.81. The van der Waals surface area contributed by atoms with Gasteiger partial charge in [-0.3, -0.25) is 9.59 Å². The van der Waals surface area contributed by atoms with E-state index in [0.717, 1.165) is 0 Å². The number of nitrogens with two attached hydrogens (primary N) is 1. The van der Waals surface area contributed by atoms with Gasteiger partial charge in [0.05, 0.1) is 0 Å². The molecule has 1 aromatic carbocycles. The van der Waals surface area contributed by atoms with Gasteiger partial charge in [-0.15, -0.1) is 0 Å². The van der Waals surface area contributed by atoms with Crippen molar-refractivity contribution in [3.05, 3.63) is 35.9 Å². The van der Waals surface area contributed by atoms with Crippen molar-refractivity contribution in [2.75, 3.05) is 12.3 Å². The van der Waals surface area contributed by atoms with Crippen molar-refractivity contribution in [3.63, 3.8) is 0 Å². The normalized spacial score (nSPS) is 13.5. The van der Waals surface area contributed by atoms with Gasteiger partial charge in [0.15, 0.2) is 0 Å². The van der Waals surface area contributed by atoms with Gasteiger partial charge >= 0.3 is 5.97 Å². The molecule has 0 radical (unpaired) electrons. The summed E-state index contributed by atoms with van der Waals surface area (Å²) in [6.07, 6.45) is 0.293. The first kappa shape index (κ1) is 17.7. The Balaban J connectivity index is 2.83. The van der Waals surface area contributed by atoms with E-state index >= 15 is 0 Å². The van der Waals surface area contributed by atoms with Gasteiger partial charge in [-0.25, -0.2) is 0 Å². The minimum atomic E-state index is -1.17. The maximum atomic E-state index is 12.4. The van der Waals surface area contributed by atoms with Gasteiger partial charge in [0.25, 0.3) is 0 Å². The molecule has 0 saturated heterocycles. The number of thioether (sulfide) groups is 1. The van der Waals surface area contributed by atoms with E-state index in [2.05, 4.69) is 5.48 Å². The molecular formula is C15H22N2O3S. The fourth-order valence-corrected chi connectivity index (χ4v) is 2.60. The Morgan fingerprint density at radius 1 is 1.29 bits per heavy atom. The van der Waals surface area contributed by atoms with E-state index in [1.54, 1.807) is 0 Å². The van der Waals surface area contributed by atoms with Crippen LogP contribution < -0.4 is 11.2 Å². The molecule has 0 saturated carbocycles. The first-order valence-corrected chi connectivity index (χ1v) is 7.97. The van der Waals surface area contributed by atoms with E-state index in [4.69, 9.17) is 10.6 Å². The molecule has 0 aliphatic rings. The van der Waals surface area contributed by atoms with Crippen LogP contribution in [0.2, 0.25) is 0 Å². The van der Waals surface area contributed by atoms with Gasteiger partial charge in [-0.05, 0) is 24.7 Å². The van der Waals surface area contributed by atoms with Gasteiger partial charge in [-0.1, -0.05) is 49.0 Å². The molecule has 0 unspecified atom stereocenters. The van der Waals surface area contributed by atoms with Crippen molar-refractivity contribution < 1.29 is 14.4 Å². The van der Waals surface area contributed by atoms with Crippen LogP contribution >= 0.6 is 11.8 Å². The molecule has 0 amide bonds. The third-order valence-electron chi connectivity index (χ3n) is 2.98. The van der Waals surface area contributed by atoms with Gasteiger partial charge in [-0.2, -0.15) is 5.48 Å². The third kappa shape index (κ3) is 5.15. The zero-order valence-electron chi connectivity index (χ0n) is 12.4. The first-order chi connectivity index (χ1) is 10.0. The SMILES string of the molecule is CCNOC(=O)CC[C@@](N)(C(=O)SCC)c1ccccc1. The molecule has 3 N–H and O–H groups in total. The molecule has 1 aromatic rings. The quantitative estimate of drug-likeness (QED) is 0.715. The summed E-state index contributed by atoms with van der Waals surface area (Å²) in [7, 11) is 0. The van der Waals surface area contributed by atoms with Crippen LogP contribution in [0.3, 0.4) is 0 Å². The summed E-state index contributed by atoms with van der Waals surface area (Å²) in [5, 5.41) is -0.132. The van der Waals surface area contributed by atoms with Crippen LogP contribution in [0.25, 0.3) is 0 Å². The molecule has 0 fully saturated rings. The zero-order chi connectivity index (χ0) is 15.7. The molecule has 0 spiro atoms. The van der Waals surface area contributed by atoms with E-state index in [0.29, 0.717) is 17.9 Å². The Kier molecular flexibility index (Phi) is 7.42. The van der Waals surface area contributed by atoms with Gasteiger partial charge in [0.2, 0.25) is 5.12 Å². The molecule has 5 nitrogen and oxygen atoms in total. The highest BCUT2D eigenvalue weighted by molar-refractivity contribution is 8.13. The molecule has 1 atom stereocenters. The summed E-state index contributed by atoms with van der Waals surface area (Å²) in [6, 6.07) is 9.14. The number of carbonyl (C=O) groups is 2. The number of hydroxylamine groups is 1. The Hall–Kier alpha value is -1.37. The van der Waals surface area contributed by atoms with Crippen molar-refractivity contribution >= 4 is 22.8 Å². The van der Waals surface area contributed by atoms with Gasteiger partial charge in [0.1, 0.15) is 5.54 Å². The van der Waals surface area contributed by atoms with E-state index in [1.165, 1.54) is 11.8 Å². The molecule has 0 aliphatic heterocycles. The molecule has 0 bridgehead atoms. The average molecular weight is 310 g/mol. The average Bonchev–Trinajstić information content (AvgIpc) is 2.51. The summed E-state index contributed by atoms with van der Waals surface area (Å²) in [5.41, 5.74) is 8.37. The monoisotopic (exact) mass is 310 g/mol. The summed E-state index contributed by atoms with van der Waals surface area (Å²) in [6.45, 7) is 4.25. The minimum Gasteiger partial charge on any atom is -0.371 e. The van der Waals surface area contributed by atoms with Crippen molar-refractivity contribution in [3.8, 4) is 0 Å². The summed E-state index contributed by atoms with van der Waals surface area (Å²) < 4.78 is 0. The molecule has 116 valence electrons. The first-order valence-electron chi connectivity index (χ1n) is 6.98. The fraction of sp³-hybridized carbons (Fsp3) is 0.467. The van der Waals surface area contributed by atoms with Crippen LogP contribution in [0.4, 0.5) is 0 Å². The number of benzene rings is 1. The second-order valence-electron chi connectivity index (χ2n) is 4.53. The highest BCUT2D eigenvalue weighted by Crippen LogP contribution is 2.29. The topological polar surface area (TPSA) is 81.4 Å². The Morgan fingerprint density at radius 3 is 2.52 bits per heavy atom. The van der Waals surface area contributed by atoms with Crippen LogP contribution in [-0.2, 0) is 20.0 Å². The molecule has 6 heteroatoms. The van der Waals surface area contributed by atoms with E-state index < -0.39 is 11.5 Å². The van der Waals surface area contributed by atoms with Crippen LogP contribution in [0.5, 0.6) is 0 Å². The lowest BCUT2D eigenvalue weighted by atomic mass is 9.87. The molecule has 0 aliphatic carbocycles. The van der Waals surface area contributed by atoms with Crippen LogP contribution in [0.15, 0.2) is 30.3 Å². The lowest BCUT2D eigenvalue weighted by molar-refractivity contribution is -0.151. The highest BCUT2D eigenvalue weighted by atomic mass is 32.2. The summed E-state index contributed by atoms with van der Waals surface area (Å²) in [5.74, 6) is 0.226. The molecule has 21 heavy (non-hydrogen) atoms. The largest absolute Gasteiger partial charge is 0.371 e. The van der Waals surface area contributed by atoms with E-state index in [-0.39, 0.29) is 18.0 Å². The van der Waals surface area contributed by atoms with Crippen molar-refractivity contribution in [1.29, 1.82) is 0 Å². The Morgan fingerprint density at radius 2 is 1.95 bits per heavy atom. The Bertz CT molecular complexity index is 467. The minimum absolute atomic E-state index is 0.0778. The molecular weight excluding hydrogens is 288 g/mol. The number of hydrogen-bond donors (Lipinski definition) is 2. The lowest BCUT2D eigenvalue weighted by Gasteiger charge is -2.27. The predicted molar refractivity (Wildman–Crippen MR) is 84.4 cm³/mol. The van der Waals surface area contributed by atoms with Crippen LogP contribution in [-0.4, -0.2) is 23.4 Å². The summed E-state index contributed by atoms with van der Waals surface area (Å²) in [4.78, 5) is 28.8. The fourth-order valence-electron chi connectivity index (χ4n) is 1.86. The second-order valence-corrected chi connectivity index (χ2v) is 5.77. The number of rotatable bonds is 8. The standard InChI is InChI=1S/C15H22N2O3S/c1-3-17-20-13(18)10-11-15(16,14(19)21-4-2)12-8-6-5-7-9-12/h5-9,17H,3-4,10-11,16H2,1-2H3/t15-/m0/s1. The van der Waals surface area contributed by atoms with Crippen molar-refractivity contribution in [2.45, 2.75) is 32.2 Å². The number of carbonyl (C=O) groups excluding carboxylic acids is 2. The Labute approximate surface area is 129 Å². The van der Waals surface area contributed by atoms with Crippen LogP contribution in [0, 0.1) is 0 Å². The molecule has 0 heterocycles. The maximum Gasteiger partial charge on any atom is 0.324 e. The zero-order valence-corrected chi connectivity index (χ0v) is 13.2. The van der Waals surface area contributed by atoms with Crippen molar-refractivity contribution in [2.24, 2.45) is 5.73 Å². The number of nitrogens with one attached hydrogen (secondary N) is 1. The molecule has 1 rings (SSSR count). The highest BCUT2D eigenvalue weighted by Gasteiger charge is 2.36. The van der Waals surface area contributed by atoms with Gasteiger partial charge in [0, 0.05) is 13.0 Å². The van der Waals surface area contributed by atoms with E-state index in [9.17, 15) is 9.59 Å². The maximum absolute atomic E-state index is 12.4. The smallest absolute Gasteiger partial charge is 0.324 e. The lowest BCUT2D eigenvalue weighted by Crippen LogP contribution is -2.44.